The molecule has 0 aliphatic rings. The van der Waals surface area contributed by atoms with E-state index >= 15 is 0 Å². The van der Waals surface area contributed by atoms with Crippen LogP contribution in [-0.2, 0) is 16.1 Å². The van der Waals surface area contributed by atoms with Gasteiger partial charge in [0.25, 0.3) is 5.91 Å². The van der Waals surface area contributed by atoms with Crippen molar-refractivity contribution in [1.29, 1.82) is 0 Å². The van der Waals surface area contributed by atoms with Crippen molar-refractivity contribution in [2.75, 3.05) is 19.8 Å². The summed E-state index contributed by atoms with van der Waals surface area (Å²) in [5.41, 5.74) is 6.80. The van der Waals surface area contributed by atoms with Crippen LogP contribution in [0.2, 0.25) is 0 Å². The van der Waals surface area contributed by atoms with Crippen molar-refractivity contribution in [3.63, 3.8) is 0 Å². The normalized spacial score (nSPS) is 10.7. The van der Waals surface area contributed by atoms with Crippen molar-refractivity contribution in [3.05, 3.63) is 84.6 Å². The van der Waals surface area contributed by atoms with Gasteiger partial charge < -0.3 is 29.2 Å². The highest BCUT2D eigenvalue weighted by molar-refractivity contribution is 5.98. The Morgan fingerprint density at radius 3 is 2.25 bits per heavy atom. The predicted molar refractivity (Wildman–Crippen MR) is 136 cm³/mol. The van der Waals surface area contributed by atoms with Crippen molar-refractivity contribution in [1.82, 2.24) is 4.57 Å². The Morgan fingerprint density at radius 2 is 1.53 bits per heavy atom. The molecular weight excluding hydrogens is 460 g/mol. The molecule has 0 saturated carbocycles. The first-order valence-corrected chi connectivity index (χ1v) is 11.7. The minimum Gasteiger partial charge on any atom is -0.494 e. The van der Waals surface area contributed by atoms with Crippen LogP contribution in [0.3, 0.4) is 0 Å². The quantitative estimate of drug-likeness (QED) is 0.224. The van der Waals surface area contributed by atoms with Crippen LogP contribution >= 0.6 is 0 Å². The Bertz CT molecular complexity index is 1320. The third kappa shape index (κ3) is 6.35. The van der Waals surface area contributed by atoms with E-state index < -0.39 is 11.9 Å². The lowest BCUT2D eigenvalue weighted by atomic mass is 10.2. The zero-order chi connectivity index (χ0) is 25.3. The molecule has 0 saturated heterocycles. The molecule has 8 heteroatoms. The molecule has 0 bridgehead atoms. The van der Waals surface area contributed by atoms with Gasteiger partial charge in [-0.05, 0) is 67.9 Å². The maximum atomic E-state index is 12.0. The molecule has 0 aliphatic carbocycles. The predicted octanol–water partition coefficient (Wildman–Crippen LogP) is 4.94. The molecule has 0 radical (unpaired) electrons. The molecule has 8 nitrogen and oxygen atoms in total. The lowest BCUT2D eigenvalue weighted by Crippen LogP contribution is -2.17. The number of carbonyl (C=O) groups is 2. The van der Waals surface area contributed by atoms with Crippen molar-refractivity contribution in [3.8, 4) is 23.0 Å². The van der Waals surface area contributed by atoms with Crippen LogP contribution in [0.1, 0.15) is 23.8 Å². The Kier molecular flexibility index (Phi) is 8.08. The summed E-state index contributed by atoms with van der Waals surface area (Å²) in [6.07, 6.45) is 0.639. The second-order valence-corrected chi connectivity index (χ2v) is 7.95. The average molecular weight is 489 g/mol. The van der Waals surface area contributed by atoms with Gasteiger partial charge in [-0.25, -0.2) is 4.79 Å². The average Bonchev–Trinajstić information content (AvgIpc) is 3.25. The van der Waals surface area contributed by atoms with Gasteiger partial charge in [-0.1, -0.05) is 18.2 Å². The summed E-state index contributed by atoms with van der Waals surface area (Å²) >= 11 is 0. The van der Waals surface area contributed by atoms with Crippen molar-refractivity contribution < 1.29 is 28.5 Å². The lowest BCUT2D eigenvalue weighted by Gasteiger charge is -2.12. The Labute approximate surface area is 209 Å². The van der Waals surface area contributed by atoms with E-state index in [1.54, 1.807) is 25.1 Å². The van der Waals surface area contributed by atoms with Crippen LogP contribution in [0, 0.1) is 0 Å². The smallest absolute Gasteiger partial charge is 0.344 e. The fraction of sp³-hybridized carbons (Fsp3) is 0.214. The number of esters is 1. The van der Waals surface area contributed by atoms with Gasteiger partial charge in [0.1, 0.15) is 28.7 Å². The largest absolute Gasteiger partial charge is 0.494 e. The Hall–Kier alpha value is -4.46. The fourth-order valence-corrected chi connectivity index (χ4v) is 3.76. The van der Waals surface area contributed by atoms with Gasteiger partial charge in [0.15, 0.2) is 6.61 Å². The molecule has 0 aliphatic heterocycles. The minimum absolute atomic E-state index is 0.189. The zero-order valence-electron chi connectivity index (χ0n) is 20.0. The van der Waals surface area contributed by atoms with Gasteiger partial charge in [-0.15, -0.1) is 0 Å². The summed E-state index contributed by atoms with van der Waals surface area (Å²) in [6.45, 7) is 2.79. The topological polar surface area (TPSA) is 102 Å². The van der Waals surface area contributed by atoms with E-state index in [9.17, 15) is 9.59 Å². The lowest BCUT2D eigenvalue weighted by molar-refractivity contribution is -0.145. The second kappa shape index (κ2) is 11.8. The number of para-hydroxylation sites is 1. The number of hydrogen-bond acceptors (Lipinski definition) is 6. The first-order valence-electron chi connectivity index (χ1n) is 11.7. The van der Waals surface area contributed by atoms with Gasteiger partial charge >= 0.3 is 5.97 Å². The molecule has 0 unspecified atom stereocenters. The summed E-state index contributed by atoms with van der Waals surface area (Å²) in [7, 11) is 0. The van der Waals surface area contributed by atoms with Gasteiger partial charge in [0, 0.05) is 18.0 Å². The molecule has 4 aromatic rings. The maximum absolute atomic E-state index is 12.0. The van der Waals surface area contributed by atoms with Crippen LogP contribution < -0.4 is 19.9 Å². The molecule has 0 atom stereocenters. The van der Waals surface area contributed by atoms with Crippen molar-refractivity contribution >= 4 is 22.8 Å². The number of hydrogen-bond donors (Lipinski definition) is 1. The molecule has 1 heterocycles. The van der Waals surface area contributed by atoms with Gasteiger partial charge in [0.2, 0.25) is 0 Å². The minimum atomic E-state index is -0.518. The fourth-order valence-electron chi connectivity index (χ4n) is 3.76. The SMILES string of the molecule is CCOC(=O)COc1ccc2cc(C(N)=O)n(CCCOc3ccc(Oc4ccccc4)cc3)c2c1. The molecule has 0 spiro atoms. The second-order valence-electron chi connectivity index (χ2n) is 7.95. The van der Waals surface area contributed by atoms with E-state index in [0.717, 1.165) is 28.2 Å². The Balaban J connectivity index is 1.36. The molecule has 36 heavy (non-hydrogen) atoms. The van der Waals surface area contributed by atoms with E-state index in [2.05, 4.69) is 0 Å². The summed E-state index contributed by atoms with van der Waals surface area (Å²) < 4.78 is 24.0. The molecular formula is C28H28N2O6. The van der Waals surface area contributed by atoms with Gasteiger partial charge in [-0.3, -0.25) is 4.79 Å². The number of fused-ring (bicyclic) bond motifs is 1. The molecule has 186 valence electrons. The standard InChI is InChI=1S/C28H28N2O6/c1-2-33-27(31)19-35-24-10-9-20-17-26(28(29)32)30(25(20)18-24)15-6-16-34-21-11-13-23(14-12-21)36-22-7-4-3-5-8-22/h3-5,7-14,17-18H,2,6,15-16,19H2,1H3,(H2,29,32). The highest BCUT2D eigenvalue weighted by Gasteiger charge is 2.14. The van der Waals surface area contributed by atoms with Crippen LogP contribution in [0.4, 0.5) is 0 Å². The zero-order valence-corrected chi connectivity index (χ0v) is 20.0. The summed E-state index contributed by atoms with van der Waals surface area (Å²) in [6, 6.07) is 24.1. The third-order valence-corrected chi connectivity index (χ3v) is 5.39. The molecule has 1 amide bonds. The highest BCUT2D eigenvalue weighted by Crippen LogP contribution is 2.26. The monoisotopic (exact) mass is 488 g/mol. The summed E-state index contributed by atoms with van der Waals surface area (Å²) in [4.78, 5) is 23.6. The van der Waals surface area contributed by atoms with Gasteiger partial charge in [-0.2, -0.15) is 0 Å². The third-order valence-electron chi connectivity index (χ3n) is 5.39. The molecule has 1 aromatic heterocycles. The number of rotatable bonds is 12. The number of nitrogens with zero attached hydrogens (tertiary/aromatic N) is 1. The highest BCUT2D eigenvalue weighted by atomic mass is 16.6. The number of amides is 1. The first kappa shape index (κ1) is 24.7. The number of carbonyl (C=O) groups excluding carboxylic acids is 2. The number of aromatic nitrogens is 1. The summed E-state index contributed by atoms with van der Waals surface area (Å²) in [5, 5.41) is 0.849. The van der Waals surface area contributed by atoms with Crippen molar-refractivity contribution in [2.45, 2.75) is 19.9 Å². The van der Waals surface area contributed by atoms with Crippen LogP contribution in [-0.4, -0.2) is 36.3 Å². The molecule has 4 rings (SSSR count). The van der Waals surface area contributed by atoms with Crippen LogP contribution in [0.5, 0.6) is 23.0 Å². The summed E-state index contributed by atoms with van der Waals surface area (Å²) in [5.74, 6) is 1.75. The van der Waals surface area contributed by atoms with Crippen LogP contribution in [0.15, 0.2) is 78.9 Å². The number of aryl methyl sites for hydroxylation is 1. The first-order chi connectivity index (χ1) is 17.5. The molecule has 2 N–H and O–H groups in total. The Morgan fingerprint density at radius 1 is 0.833 bits per heavy atom. The number of benzene rings is 3. The van der Waals surface area contributed by atoms with Gasteiger partial charge in [0.05, 0.1) is 18.7 Å². The van der Waals surface area contributed by atoms with E-state index in [4.69, 9.17) is 24.7 Å². The molecule has 3 aromatic carbocycles. The van der Waals surface area contributed by atoms with E-state index in [1.807, 2.05) is 65.2 Å². The van der Waals surface area contributed by atoms with E-state index in [-0.39, 0.29) is 6.61 Å². The number of primary amides is 1. The van der Waals surface area contributed by atoms with E-state index in [1.165, 1.54) is 0 Å². The van der Waals surface area contributed by atoms with E-state index in [0.29, 0.717) is 37.6 Å². The van der Waals surface area contributed by atoms with Crippen molar-refractivity contribution in [2.24, 2.45) is 5.73 Å². The molecule has 0 fully saturated rings. The maximum Gasteiger partial charge on any atom is 0.344 e. The number of nitrogens with two attached hydrogens (primary N) is 1. The van der Waals surface area contributed by atoms with Crippen LogP contribution in [0.25, 0.3) is 10.9 Å². The number of ether oxygens (including phenoxy) is 4.